The molecule has 33 heavy (non-hydrogen) atoms. The quantitative estimate of drug-likeness (QED) is 0.305. The molecule has 0 saturated heterocycles. The average Bonchev–Trinajstić information content (AvgIpc) is 3.18. The highest BCUT2D eigenvalue weighted by atomic mass is 35.5. The maximum atomic E-state index is 12.6. The Morgan fingerprint density at radius 1 is 1.21 bits per heavy atom. The van der Waals surface area contributed by atoms with E-state index >= 15 is 0 Å². The maximum Gasteiger partial charge on any atom is 0.251 e. The normalized spacial score (nSPS) is 11.6. The molecule has 0 fully saturated rings. The summed E-state index contributed by atoms with van der Waals surface area (Å²) in [7, 11) is 0. The maximum absolute atomic E-state index is 12.6. The van der Waals surface area contributed by atoms with E-state index in [1.54, 1.807) is 48.5 Å². The molecule has 0 saturated carbocycles. The van der Waals surface area contributed by atoms with Gasteiger partial charge in [0.25, 0.3) is 5.91 Å². The van der Waals surface area contributed by atoms with E-state index in [1.165, 1.54) is 11.8 Å². The number of amides is 2. The molecule has 2 N–H and O–H groups in total. The number of rotatable bonds is 9. The van der Waals surface area contributed by atoms with E-state index in [0.717, 1.165) is 5.56 Å². The first kappa shape index (κ1) is 24.8. The van der Waals surface area contributed by atoms with Crippen molar-refractivity contribution in [2.75, 3.05) is 11.1 Å². The van der Waals surface area contributed by atoms with Crippen LogP contribution in [-0.4, -0.2) is 32.3 Å². The molecular weight excluding hydrogens is 481 g/mol. The summed E-state index contributed by atoms with van der Waals surface area (Å²) >= 11 is 13.3. The fourth-order valence-electron chi connectivity index (χ4n) is 3.06. The number of halogens is 2. The highest BCUT2D eigenvalue weighted by molar-refractivity contribution is 7.99. The summed E-state index contributed by atoms with van der Waals surface area (Å²) in [5.74, 6) is 0.217. The highest BCUT2D eigenvalue weighted by Crippen LogP contribution is 2.25. The van der Waals surface area contributed by atoms with Crippen molar-refractivity contribution < 1.29 is 9.59 Å². The molecule has 0 spiro atoms. The van der Waals surface area contributed by atoms with Crippen LogP contribution in [0.3, 0.4) is 0 Å². The smallest absolute Gasteiger partial charge is 0.251 e. The average molecular weight is 504 g/mol. The van der Waals surface area contributed by atoms with Crippen molar-refractivity contribution in [3.8, 4) is 0 Å². The van der Waals surface area contributed by atoms with E-state index in [0.29, 0.717) is 38.8 Å². The number of thioether (sulfide) groups is 1. The molecule has 3 aromatic rings. The van der Waals surface area contributed by atoms with Gasteiger partial charge in [-0.25, -0.2) is 0 Å². The number of carbonyl (C=O) groups excluding carboxylic acids is 2. The molecule has 7 nitrogen and oxygen atoms in total. The van der Waals surface area contributed by atoms with Gasteiger partial charge in [0.2, 0.25) is 5.91 Å². The minimum Gasteiger partial charge on any atom is -0.342 e. The molecule has 0 bridgehead atoms. The van der Waals surface area contributed by atoms with Crippen molar-refractivity contribution >= 4 is 52.5 Å². The standard InChI is InChI=1S/C23H23Cl2N5O2S/c1-4-11-30-21(15(3)26-22(32)16-7-5-8-17(24)12-16)28-29-23(30)33-13-20(31)27-19-10-6-9-18(25)14(19)2/h4-10,12,15H,1,11,13H2,2-3H3,(H,26,32)(H,27,31). The minimum atomic E-state index is -0.429. The Kier molecular flexibility index (Phi) is 8.55. The minimum absolute atomic E-state index is 0.129. The van der Waals surface area contributed by atoms with Gasteiger partial charge in [-0.05, 0) is 49.7 Å². The topological polar surface area (TPSA) is 88.9 Å². The largest absolute Gasteiger partial charge is 0.342 e. The van der Waals surface area contributed by atoms with Crippen molar-refractivity contribution in [1.29, 1.82) is 0 Å². The van der Waals surface area contributed by atoms with Crippen molar-refractivity contribution in [1.82, 2.24) is 20.1 Å². The molecule has 2 amide bonds. The van der Waals surface area contributed by atoms with Gasteiger partial charge in [-0.3, -0.25) is 9.59 Å². The first-order valence-electron chi connectivity index (χ1n) is 10.1. The lowest BCUT2D eigenvalue weighted by atomic mass is 10.2. The second kappa shape index (κ2) is 11.4. The summed E-state index contributed by atoms with van der Waals surface area (Å²) in [5, 5.41) is 15.8. The summed E-state index contributed by atoms with van der Waals surface area (Å²) in [6.07, 6.45) is 1.71. The van der Waals surface area contributed by atoms with Gasteiger partial charge < -0.3 is 15.2 Å². The van der Waals surface area contributed by atoms with Gasteiger partial charge >= 0.3 is 0 Å². The molecule has 10 heteroatoms. The van der Waals surface area contributed by atoms with Crippen molar-refractivity contribution in [3.05, 3.63) is 82.1 Å². The zero-order valence-electron chi connectivity index (χ0n) is 18.1. The first-order chi connectivity index (χ1) is 15.8. The number of allylic oxidation sites excluding steroid dienone is 1. The fraction of sp³-hybridized carbons (Fsp3) is 0.217. The van der Waals surface area contributed by atoms with E-state index in [4.69, 9.17) is 23.2 Å². The Morgan fingerprint density at radius 2 is 1.97 bits per heavy atom. The summed E-state index contributed by atoms with van der Waals surface area (Å²) in [4.78, 5) is 25.1. The van der Waals surface area contributed by atoms with Crippen LogP contribution in [0.25, 0.3) is 0 Å². The van der Waals surface area contributed by atoms with Crippen molar-refractivity contribution in [2.24, 2.45) is 0 Å². The van der Waals surface area contributed by atoms with Crippen LogP contribution in [0.2, 0.25) is 10.0 Å². The molecule has 1 aromatic heterocycles. The second-order valence-corrected chi connectivity index (χ2v) is 8.98. The fourth-order valence-corrected chi connectivity index (χ4v) is 4.18. The van der Waals surface area contributed by atoms with Gasteiger partial charge in [-0.1, -0.05) is 53.2 Å². The number of anilines is 1. The van der Waals surface area contributed by atoms with Crippen LogP contribution in [0.1, 0.15) is 34.7 Å². The molecular formula is C23H23Cl2N5O2S. The molecule has 1 atom stereocenters. The monoisotopic (exact) mass is 503 g/mol. The number of hydrogen-bond donors (Lipinski definition) is 2. The number of carbonyl (C=O) groups is 2. The molecule has 2 aromatic carbocycles. The molecule has 0 aliphatic rings. The van der Waals surface area contributed by atoms with E-state index in [9.17, 15) is 9.59 Å². The summed E-state index contributed by atoms with van der Waals surface area (Å²) in [6, 6.07) is 11.6. The third-order valence-corrected chi connectivity index (χ3v) is 6.36. The van der Waals surface area contributed by atoms with Crippen LogP contribution in [0.4, 0.5) is 5.69 Å². The summed E-state index contributed by atoms with van der Waals surface area (Å²) < 4.78 is 1.82. The van der Waals surface area contributed by atoms with Gasteiger partial charge in [-0.15, -0.1) is 16.8 Å². The molecule has 1 heterocycles. The Bertz CT molecular complexity index is 1180. The Labute approximate surface area is 206 Å². The van der Waals surface area contributed by atoms with Crippen LogP contribution in [0.15, 0.2) is 60.3 Å². The molecule has 1 unspecified atom stereocenters. The molecule has 0 aliphatic heterocycles. The lowest BCUT2D eigenvalue weighted by Gasteiger charge is -2.15. The van der Waals surface area contributed by atoms with Crippen LogP contribution in [0.5, 0.6) is 0 Å². The SMILES string of the molecule is C=CCn1c(SCC(=O)Nc2cccc(Cl)c2C)nnc1C(C)NC(=O)c1cccc(Cl)c1. The molecule has 0 radical (unpaired) electrons. The zero-order valence-corrected chi connectivity index (χ0v) is 20.5. The number of benzene rings is 2. The van der Waals surface area contributed by atoms with Crippen molar-refractivity contribution in [3.63, 3.8) is 0 Å². The summed E-state index contributed by atoms with van der Waals surface area (Å²) in [6.45, 7) is 7.87. The van der Waals surface area contributed by atoms with Gasteiger partial charge in [0.05, 0.1) is 11.8 Å². The Balaban J connectivity index is 1.68. The van der Waals surface area contributed by atoms with E-state index in [2.05, 4.69) is 27.4 Å². The predicted molar refractivity (Wildman–Crippen MR) is 133 cm³/mol. The summed E-state index contributed by atoms with van der Waals surface area (Å²) in [5.41, 5.74) is 1.92. The number of nitrogens with zero attached hydrogens (tertiary/aromatic N) is 3. The van der Waals surface area contributed by atoms with E-state index in [1.807, 2.05) is 18.4 Å². The van der Waals surface area contributed by atoms with Crippen molar-refractivity contribution in [2.45, 2.75) is 31.6 Å². The van der Waals surface area contributed by atoms with Gasteiger partial charge in [-0.2, -0.15) is 0 Å². The third kappa shape index (κ3) is 6.37. The molecule has 3 rings (SSSR count). The lowest BCUT2D eigenvalue weighted by molar-refractivity contribution is -0.113. The van der Waals surface area contributed by atoms with Gasteiger partial charge in [0, 0.05) is 27.8 Å². The highest BCUT2D eigenvalue weighted by Gasteiger charge is 2.20. The van der Waals surface area contributed by atoms with Gasteiger partial charge in [0.1, 0.15) is 0 Å². The zero-order chi connectivity index (χ0) is 24.0. The van der Waals surface area contributed by atoms with Crippen LogP contribution in [0, 0.1) is 6.92 Å². The predicted octanol–water partition coefficient (Wildman–Crippen LogP) is 5.30. The van der Waals surface area contributed by atoms with E-state index in [-0.39, 0.29) is 17.6 Å². The van der Waals surface area contributed by atoms with E-state index < -0.39 is 6.04 Å². The van der Waals surface area contributed by atoms with Crippen LogP contribution in [-0.2, 0) is 11.3 Å². The second-order valence-electron chi connectivity index (χ2n) is 7.19. The Morgan fingerprint density at radius 3 is 2.70 bits per heavy atom. The third-order valence-electron chi connectivity index (χ3n) is 4.75. The number of nitrogens with one attached hydrogen (secondary N) is 2. The van der Waals surface area contributed by atoms with Crippen LogP contribution < -0.4 is 10.6 Å². The number of hydrogen-bond acceptors (Lipinski definition) is 5. The molecule has 0 aliphatic carbocycles. The lowest BCUT2D eigenvalue weighted by Crippen LogP contribution is -2.28. The molecule has 172 valence electrons. The van der Waals surface area contributed by atoms with Crippen LogP contribution >= 0.6 is 35.0 Å². The number of aromatic nitrogens is 3. The van der Waals surface area contributed by atoms with Gasteiger partial charge in [0.15, 0.2) is 11.0 Å². The first-order valence-corrected chi connectivity index (χ1v) is 11.8. The Hall–Kier alpha value is -2.81.